The minimum Gasteiger partial charge on any atom is -0.398 e. The van der Waals surface area contributed by atoms with Gasteiger partial charge >= 0.3 is 0 Å². The number of hydrogen-bond donors (Lipinski definition) is 2. The molecular formula is C16H21N3O. The van der Waals surface area contributed by atoms with Crippen LogP contribution < -0.4 is 11.1 Å². The molecule has 0 saturated carbocycles. The molecule has 4 nitrogen and oxygen atoms in total. The summed E-state index contributed by atoms with van der Waals surface area (Å²) < 4.78 is 0. The largest absolute Gasteiger partial charge is 0.398 e. The summed E-state index contributed by atoms with van der Waals surface area (Å²) in [5.74, 6) is 0.631. The Hall–Kier alpha value is -1.81. The lowest BCUT2D eigenvalue weighted by atomic mass is 9.84. The van der Waals surface area contributed by atoms with Crippen molar-refractivity contribution < 1.29 is 4.79 Å². The van der Waals surface area contributed by atoms with Crippen LogP contribution in [0.4, 0.5) is 5.69 Å². The van der Waals surface area contributed by atoms with E-state index in [0.29, 0.717) is 17.6 Å². The Morgan fingerprint density at radius 1 is 1.30 bits per heavy atom. The number of benzene rings is 1. The minimum atomic E-state index is -0.0213. The molecule has 1 aromatic carbocycles. The van der Waals surface area contributed by atoms with Gasteiger partial charge in [0.05, 0.1) is 0 Å². The molecule has 1 aromatic rings. The highest BCUT2D eigenvalue weighted by atomic mass is 16.1. The number of fused-ring (bicyclic) bond motifs is 3. The zero-order valence-electron chi connectivity index (χ0n) is 11.6. The molecule has 3 N–H and O–H groups in total. The highest BCUT2D eigenvalue weighted by Crippen LogP contribution is 2.27. The van der Waals surface area contributed by atoms with Crippen LogP contribution in [0.1, 0.15) is 18.4 Å². The Kier molecular flexibility index (Phi) is 3.74. The topological polar surface area (TPSA) is 58.4 Å². The molecule has 1 atom stereocenters. The van der Waals surface area contributed by atoms with Crippen LogP contribution in [0, 0.1) is 5.92 Å². The van der Waals surface area contributed by atoms with Crippen molar-refractivity contribution in [3.63, 3.8) is 0 Å². The normalized spacial score (nSPS) is 28.7. The van der Waals surface area contributed by atoms with Crippen molar-refractivity contribution in [2.24, 2.45) is 5.92 Å². The average molecular weight is 271 g/mol. The van der Waals surface area contributed by atoms with E-state index in [4.69, 9.17) is 5.73 Å². The molecule has 0 spiro atoms. The predicted molar refractivity (Wildman–Crippen MR) is 81.0 cm³/mol. The Bertz CT molecular complexity index is 518. The molecule has 3 aliphatic heterocycles. The van der Waals surface area contributed by atoms with Gasteiger partial charge in [0.25, 0.3) is 0 Å². The Morgan fingerprint density at radius 3 is 2.70 bits per heavy atom. The van der Waals surface area contributed by atoms with Crippen LogP contribution in [-0.2, 0) is 4.79 Å². The zero-order valence-corrected chi connectivity index (χ0v) is 11.6. The third-order valence-corrected chi connectivity index (χ3v) is 4.39. The monoisotopic (exact) mass is 271 g/mol. The van der Waals surface area contributed by atoms with Gasteiger partial charge in [-0.3, -0.25) is 4.79 Å². The molecule has 1 amide bonds. The molecular weight excluding hydrogens is 250 g/mol. The number of rotatable bonds is 3. The number of piperidine rings is 3. The number of carbonyl (C=O) groups is 1. The maximum atomic E-state index is 12.0. The number of anilines is 1. The Balaban J connectivity index is 1.59. The molecule has 0 unspecified atom stereocenters. The summed E-state index contributed by atoms with van der Waals surface area (Å²) in [7, 11) is 0. The van der Waals surface area contributed by atoms with Gasteiger partial charge in [0.1, 0.15) is 0 Å². The Labute approximate surface area is 119 Å². The number of nitrogen functional groups attached to an aromatic ring is 1. The van der Waals surface area contributed by atoms with Crippen molar-refractivity contribution in [1.29, 1.82) is 0 Å². The van der Waals surface area contributed by atoms with Gasteiger partial charge in [0.15, 0.2) is 0 Å². The van der Waals surface area contributed by atoms with Crippen LogP contribution in [0.5, 0.6) is 0 Å². The number of nitrogens with two attached hydrogens (primary N) is 1. The molecule has 106 valence electrons. The second-order valence-corrected chi connectivity index (χ2v) is 5.72. The third-order valence-electron chi connectivity index (χ3n) is 4.39. The van der Waals surface area contributed by atoms with Gasteiger partial charge in [0.2, 0.25) is 5.91 Å². The third kappa shape index (κ3) is 2.85. The first-order valence-electron chi connectivity index (χ1n) is 7.28. The summed E-state index contributed by atoms with van der Waals surface area (Å²) in [6, 6.07) is 7.86. The standard InChI is InChI=1S/C16H21N3O/c17-14-4-2-1-3-12(14)5-6-16(20)18-15-11-19-9-7-13(15)8-10-19/h1-6,13,15H,7-11,17H2,(H,18,20)/t15-/m0/s1. The van der Waals surface area contributed by atoms with E-state index >= 15 is 0 Å². The van der Waals surface area contributed by atoms with Crippen LogP contribution in [0.25, 0.3) is 6.08 Å². The van der Waals surface area contributed by atoms with Gasteiger partial charge in [-0.15, -0.1) is 0 Å². The van der Waals surface area contributed by atoms with E-state index in [1.54, 1.807) is 12.2 Å². The SMILES string of the molecule is Nc1ccccc1C=CC(=O)N[C@H]1CN2CCC1CC2. The fraction of sp³-hybridized carbons (Fsp3) is 0.438. The van der Waals surface area contributed by atoms with E-state index in [0.717, 1.165) is 12.1 Å². The fourth-order valence-electron chi connectivity index (χ4n) is 3.19. The number of nitrogens with one attached hydrogen (secondary N) is 1. The molecule has 0 radical (unpaired) electrons. The molecule has 3 aliphatic rings. The van der Waals surface area contributed by atoms with Gasteiger partial charge in [-0.05, 0) is 49.6 Å². The van der Waals surface area contributed by atoms with Crippen molar-refractivity contribution in [2.45, 2.75) is 18.9 Å². The molecule has 3 fully saturated rings. The highest BCUT2D eigenvalue weighted by molar-refractivity contribution is 5.92. The smallest absolute Gasteiger partial charge is 0.244 e. The van der Waals surface area contributed by atoms with Gasteiger partial charge in [0, 0.05) is 24.4 Å². The lowest BCUT2D eigenvalue weighted by Crippen LogP contribution is -2.57. The van der Waals surface area contributed by atoms with E-state index in [2.05, 4.69) is 10.2 Å². The number of para-hydroxylation sites is 1. The minimum absolute atomic E-state index is 0.0213. The molecule has 2 bridgehead atoms. The van der Waals surface area contributed by atoms with Gasteiger partial charge in [-0.1, -0.05) is 18.2 Å². The number of carbonyl (C=O) groups excluding carboxylic acids is 1. The van der Waals surface area contributed by atoms with Crippen molar-refractivity contribution in [1.82, 2.24) is 10.2 Å². The molecule has 0 aromatic heterocycles. The van der Waals surface area contributed by atoms with Gasteiger partial charge in [-0.2, -0.15) is 0 Å². The molecule has 3 saturated heterocycles. The summed E-state index contributed by atoms with van der Waals surface area (Å²) in [6.07, 6.45) is 5.79. The summed E-state index contributed by atoms with van der Waals surface area (Å²) in [5.41, 5.74) is 7.43. The van der Waals surface area contributed by atoms with E-state index in [1.165, 1.54) is 25.9 Å². The number of hydrogen-bond acceptors (Lipinski definition) is 3. The maximum Gasteiger partial charge on any atom is 0.244 e. The summed E-state index contributed by atoms with van der Waals surface area (Å²) in [5, 5.41) is 3.13. The quantitative estimate of drug-likeness (QED) is 0.647. The van der Waals surface area contributed by atoms with Crippen LogP contribution in [0.3, 0.4) is 0 Å². The lowest BCUT2D eigenvalue weighted by Gasteiger charge is -2.44. The molecule has 3 heterocycles. The van der Waals surface area contributed by atoms with Gasteiger partial charge in [-0.25, -0.2) is 0 Å². The van der Waals surface area contributed by atoms with Crippen molar-refractivity contribution in [3.05, 3.63) is 35.9 Å². The van der Waals surface area contributed by atoms with Crippen LogP contribution in [0.2, 0.25) is 0 Å². The van der Waals surface area contributed by atoms with Crippen LogP contribution in [0.15, 0.2) is 30.3 Å². The van der Waals surface area contributed by atoms with E-state index in [-0.39, 0.29) is 5.91 Å². The summed E-state index contributed by atoms with van der Waals surface area (Å²) in [4.78, 5) is 14.4. The van der Waals surface area contributed by atoms with E-state index < -0.39 is 0 Å². The first-order valence-corrected chi connectivity index (χ1v) is 7.28. The van der Waals surface area contributed by atoms with Crippen molar-refractivity contribution in [3.8, 4) is 0 Å². The molecule has 0 aliphatic carbocycles. The first-order chi connectivity index (χ1) is 9.72. The molecule has 20 heavy (non-hydrogen) atoms. The Morgan fingerprint density at radius 2 is 2.05 bits per heavy atom. The second kappa shape index (κ2) is 5.67. The number of nitrogens with zero attached hydrogens (tertiary/aromatic N) is 1. The first kappa shape index (κ1) is 13.2. The average Bonchev–Trinajstić information content (AvgIpc) is 2.48. The van der Waals surface area contributed by atoms with E-state index in [9.17, 15) is 4.79 Å². The molecule has 4 rings (SSSR count). The highest BCUT2D eigenvalue weighted by Gasteiger charge is 2.34. The fourth-order valence-corrected chi connectivity index (χ4v) is 3.19. The lowest BCUT2D eigenvalue weighted by molar-refractivity contribution is -0.118. The van der Waals surface area contributed by atoms with E-state index in [1.807, 2.05) is 24.3 Å². The summed E-state index contributed by atoms with van der Waals surface area (Å²) >= 11 is 0. The summed E-state index contributed by atoms with van der Waals surface area (Å²) in [6.45, 7) is 3.37. The van der Waals surface area contributed by atoms with Crippen LogP contribution in [-0.4, -0.2) is 36.5 Å². The van der Waals surface area contributed by atoms with Crippen molar-refractivity contribution >= 4 is 17.7 Å². The van der Waals surface area contributed by atoms with Crippen molar-refractivity contribution in [2.75, 3.05) is 25.4 Å². The second-order valence-electron chi connectivity index (χ2n) is 5.72. The maximum absolute atomic E-state index is 12.0. The number of amides is 1. The zero-order chi connectivity index (χ0) is 13.9. The van der Waals surface area contributed by atoms with Gasteiger partial charge < -0.3 is 16.0 Å². The molecule has 4 heteroatoms. The van der Waals surface area contributed by atoms with Crippen LogP contribution >= 0.6 is 0 Å². The predicted octanol–water partition coefficient (Wildman–Crippen LogP) is 1.49.